The van der Waals surface area contributed by atoms with Crippen molar-refractivity contribution in [2.24, 2.45) is 23.7 Å². The van der Waals surface area contributed by atoms with Crippen molar-refractivity contribution in [3.05, 3.63) is 0 Å². The van der Waals surface area contributed by atoms with Crippen LogP contribution in [0.3, 0.4) is 0 Å². The summed E-state index contributed by atoms with van der Waals surface area (Å²) in [4.78, 5) is 11.4. The van der Waals surface area contributed by atoms with Crippen molar-refractivity contribution in [3.8, 4) is 0 Å². The number of rotatable bonds is 5. The van der Waals surface area contributed by atoms with Crippen molar-refractivity contribution in [2.75, 3.05) is 6.61 Å². The Bertz CT molecular complexity index is 551. The molecule has 22 heavy (non-hydrogen) atoms. The van der Waals surface area contributed by atoms with Gasteiger partial charge in [0.1, 0.15) is 0 Å². The summed E-state index contributed by atoms with van der Waals surface area (Å²) in [7, 11) is -5.26. The Hall–Kier alpha value is -0.800. The predicted molar refractivity (Wildman–Crippen MR) is 69.0 cm³/mol. The second-order valence-electron chi connectivity index (χ2n) is 6.82. The third-order valence-electron chi connectivity index (χ3n) is 5.41. The number of aliphatic hydroxyl groups is 1. The van der Waals surface area contributed by atoms with Crippen LogP contribution in [0.1, 0.15) is 32.1 Å². The van der Waals surface area contributed by atoms with E-state index in [1.807, 2.05) is 0 Å². The topological polar surface area (TPSA) is 89.9 Å². The highest BCUT2D eigenvalue weighted by Gasteiger charge is 2.56. The van der Waals surface area contributed by atoms with Gasteiger partial charge in [0.15, 0.2) is 0 Å². The zero-order valence-corrected chi connectivity index (χ0v) is 12.6. The molecular formula is C13H18F2O6S. The van der Waals surface area contributed by atoms with Crippen molar-refractivity contribution < 1.29 is 36.4 Å². The summed E-state index contributed by atoms with van der Waals surface area (Å²) >= 11 is 0. The lowest BCUT2D eigenvalue weighted by molar-refractivity contribution is -0.191. The van der Waals surface area contributed by atoms with Crippen LogP contribution in [-0.2, 0) is 24.0 Å². The molecule has 0 aromatic carbocycles. The van der Waals surface area contributed by atoms with Crippen LogP contribution in [0.4, 0.5) is 8.92 Å². The first-order chi connectivity index (χ1) is 10.2. The van der Waals surface area contributed by atoms with Crippen LogP contribution in [0.2, 0.25) is 0 Å². The van der Waals surface area contributed by atoms with Gasteiger partial charge in [-0.05, 0) is 54.4 Å². The van der Waals surface area contributed by atoms with Crippen LogP contribution in [0.25, 0.3) is 0 Å². The summed E-state index contributed by atoms with van der Waals surface area (Å²) in [6, 6.07) is 0. The summed E-state index contributed by atoms with van der Waals surface area (Å²) < 4.78 is 53.7. The van der Waals surface area contributed by atoms with Gasteiger partial charge in [0, 0.05) is 5.92 Å². The fourth-order valence-electron chi connectivity index (χ4n) is 4.78. The van der Waals surface area contributed by atoms with Crippen LogP contribution in [-0.4, -0.2) is 37.2 Å². The van der Waals surface area contributed by atoms with E-state index in [2.05, 4.69) is 9.12 Å². The maximum atomic E-state index is 13.3. The van der Waals surface area contributed by atoms with Gasteiger partial charge < -0.3 is 9.84 Å². The summed E-state index contributed by atoms with van der Waals surface area (Å²) in [6.07, 6.45) is 4.25. The number of alkyl halides is 1. The van der Waals surface area contributed by atoms with Crippen molar-refractivity contribution in [1.29, 1.82) is 0 Å². The Morgan fingerprint density at radius 1 is 1.27 bits per heavy atom. The maximum absolute atomic E-state index is 13.3. The molecule has 0 radical (unpaired) electrons. The van der Waals surface area contributed by atoms with Crippen LogP contribution >= 0.6 is 0 Å². The molecule has 0 aromatic rings. The van der Waals surface area contributed by atoms with E-state index in [1.165, 1.54) is 0 Å². The minimum absolute atomic E-state index is 0.191. The van der Waals surface area contributed by atoms with E-state index < -0.39 is 27.2 Å². The lowest BCUT2D eigenvalue weighted by Gasteiger charge is -2.58. The molecule has 0 spiro atoms. The molecule has 4 aliphatic carbocycles. The zero-order valence-electron chi connectivity index (χ0n) is 11.8. The molecule has 9 heteroatoms. The molecule has 0 aliphatic heterocycles. The molecule has 1 N–H and O–H groups in total. The van der Waals surface area contributed by atoms with E-state index in [0.717, 1.165) is 19.3 Å². The molecule has 4 aliphatic rings. The lowest BCUT2D eigenvalue weighted by Crippen LogP contribution is -2.58. The zero-order chi connectivity index (χ0) is 16.1. The van der Waals surface area contributed by atoms with E-state index in [9.17, 15) is 27.2 Å². The first kappa shape index (κ1) is 16.1. The molecular weight excluding hydrogens is 322 g/mol. The van der Waals surface area contributed by atoms with Crippen LogP contribution in [0.15, 0.2) is 0 Å². The van der Waals surface area contributed by atoms with Crippen LogP contribution in [0.5, 0.6) is 0 Å². The van der Waals surface area contributed by atoms with Crippen molar-refractivity contribution in [3.63, 3.8) is 0 Å². The SMILES string of the molecule is O=C(OCC1C2CC3CC(C2)CC1(O)C3)C(F)S(=O)(=O)OF. The van der Waals surface area contributed by atoms with Gasteiger partial charge in [-0.1, -0.05) is 4.39 Å². The standard InChI is InChI=1S/C13H18F2O6S/c14-11(22(18,19)21-15)12(16)20-6-10-9-2-7-1-8(3-9)5-13(10,17)4-7/h7-11,17H,1-6H2. The van der Waals surface area contributed by atoms with Gasteiger partial charge in [0.2, 0.25) is 0 Å². The normalized spacial score (nSPS) is 41.4. The van der Waals surface area contributed by atoms with Gasteiger partial charge in [-0.2, -0.15) is 8.42 Å². The number of esters is 1. The molecule has 4 bridgehead atoms. The van der Waals surface area contributed by atoms with Gasteiger partial charge in [0.05, 0.1) is 12.2 Å². The molecule has 0 amide bonds. The molecule has 4 fully saturated rings. The second-order valence-corrected chi connectivity index (χ2v) is 8.34. The number of hydrogen-bond donors (Lipinski definition) is 1. The Labute approximate surface area is 126 Å². The number of carbonyl (C=O) groups is 1. The minimum Gasteiger partial charge on any atom is -0.462 e. The fraction of sp³-hybridized carbons (Fsp3) is 0.923. The smallest absolute Gasteiger partial charge is 0.359 e. The number of hydrogen-bond acceptors (Lipinski definition) is 6. The summed E-state index contributed by atoms with van der Waals surface area (Å²) in [5.74, 6) is -0.899. The highest BCUT2D eigenvalue weighted by Crippen LogP contribution is 2.58. The van der Waals surface area contributed by atoms with E-state index in [4.69, 9.17) is 0 Å². The van der Waals surface area contributed by atoms with E-state index in [-0.39, 0.29) is 18.4 Å². The molecule has 0 saturated heterocycles. The van der Waals surface area contributed by atoms with Gasteiger partial charge in [-0.15, -0.1) is 0 Å². The molecule has 4 saturated carbocycles. The largest absolute Gasteiger partial charge is 0.462 e. The van der Waals surface area contributed by atoms with Gasteiger partial charge in [-0.3, -0.25) is 0 Å². The first-order valence-corrected chi connectivity index (χ1v) is 8.79. The van der Waals surface area contributed by atoms with Gasteiger partial charge >= 0.3 is 21.6 Å². The minimum atomic E-state index is -5.26. The predicted octanol–water partition coefficient (Wildman–Crippen LogP) is 1.24. The quantitative estimate of drug-likeness (QED) is 0.758. The monoisotopic (exact) mass is 340 g/mol. The molecule has 4 unspecified atom stereocenters. The Morgan fingerprint density at radius 2 is 1.86 bits per heavy atom. The Balaban J connectivity index is 1.63. The highest BCUT2D eigenvalue weighted by atomic mass is 32.2. The average molecular weight is 340 g/mol. The average Bonchev–Trinajstić information content (AvgIpc) is 2.43. The van der Waals surface area contributed by atoms with Gasteiger partial charge in [0.25, 0.3) is 0 Å². The van der Waals surface area contributed by atoms with Gasteiger partial charge in [-0.25, -0.2) is 9.18 Å². The number of carbonyl (C=O) groups excluding carboxylic acids is 1. The molecule has 6 nitrogen and oxygen atoms in total. The first-order valence-electron chi connectivity index (χ1n) is 7.32. The van der Waals surface area contributed by atoms with Crippen LogP contribution in [0, 0.1) is 23.7 Å². The molecule has 0 heterocycles. The molecule has 4 rings (SSSR count). The molecule has 0 aromatic heterocycles. The van der Waals surface area contributed by atoms with Crippen molar-refractivity contribution in [1.82, 2.24) is 0 Å². The third-order valence-corrected chi connectivity index (χ3v) is 6.29. The van der Waals surface area contributed by atoms with E-state index >= 15 is 0 Å². The fourth-order valence-corrected chi connectivity index (χ4v) is 5.15. The van der Waals surface area contributed by atoms with E-state index in [0.29, 0.717) is 24.7 Å². The van der Waals surface area contributed by atoms with Crippen molar-refractivity contribution >= 4 is 16.1 Å². The summed E-state index contributed by atoms with van der Waals surface area (Å²) in [5.41, 5.74) is -4.15. The van der Waals surface area contributed by atoms with Crippen LogP contribution < -0.4 is 0 Å². The lowest BCUT2D eigenvalue weighted by atomic mass is 9.50. The van der Waals surface area contributed by atoms with E-state index in [1.54, 1.807) is 0 Å². The number of ether oxygens (including phenoxy) is 1. The third kappa shape index (κ3) is 2.63. The molecule has 126 valence electrons. The second kappa shape index (κ2) is 5.38. The molecule has 4 atom stereocenters. The Morgan fingerprint density at radius 3 is 2.36 bits per heavy atom. The summed E-state index contributed by atoms with van der Waals surface area (Å²) in [6.45, 7) is -0.262. The van der Waals surface area contributed by atoms with Crippen molar-refractivity contribution in [2.45, 2.75) is 43.2 Å². The Kier molecular flexibility index (Phi) is 3.93. The number of halogens is 2. The summed E-state index contributed by atoms with van der Waals surface area (Å²) in [5, 5.41) is 10.7. The maximum Gasteiger partial charge on any atom is 0.359 e. The highest BCUT2D eigenvalue weighted by molar-refractivity contribution is 7.87.